The Bertz CT molecular complexity index is 860. The van der Waals surface area contributed by atoms with Crippen LogP contribution in [0, 0.1) is 6.92 Å². The van der Waals surface area contributed by atoms with Crippen LogP contribution in [0.4, 0.5) is 5.69 Å². The van der Waals surface area contributed by atoms with Gasteiger partial charge in [0.1, 0.15) is 0 Å². The van der Waals surface area contributed by atoms with Gasteiger partial charge < -0.3 is 20.1 Å². The lowest BCUT2D eigenvalue weighted by Gasteiger charge is -2.22. The van der Waals surface area contributed by atoms with Gasteiger partial charge in [-0.05, 0) is 55.7 Å². The number of hydrogen-bond acceptors (Lipinski definition) is 4. The zero-order valence-corrected chi connectivity index (χ0v) is 17.0. The zero-order chi connectivity index (χ0) is 20.6. The van der Waals surface area contributed by atoms with Crippen molar-refractivity contribution in [3.8, 4) is 11.5 Å². The lowest BCUT2D eigenvalue weighted by atomic mass is 9.95. The number of methoxy groups -OCH3 is 1. The van der Waals surface area contributed by atoms with Gasteiger partial charge in [-0.15, -0.1) is 0 Å². The van der Waals surface area contributed by atoms with Gasteiger partial charge in [0.05, 0.1) is 7.11 Å². The van der Waals surface area contributed by atoms with E-state index in [2.05, 4.69) is 10.6 Å². The molecule has 0 aliphatic heterocycles. The Morgan fingerprint density at radius 3 is 2.59 bits per heavy atom. The first-order chi connectivity index (χ1) is 14.0. The molecule has 2 aromatic carbocycles. The molecule has 3 rings (SSSR count). The van der Waals surface area contributed by atoms with Gasteiger partial charge in [0.2, 0.25) is 0 Å². The molecule has 2 amide bonds. The molecular weight excluding hydrogens is 368 g/mol. The number of aryl methyl sites for hydroxylation is 1. The monoisotopic (exact) mass is 396 g/mol. The van der Waals surface area contributed by atoms with Gasteiger partial charge in [0.15, 0.2) is 18.1 Å². The molecule has 0 atom stereocenters. The van der Waals surface area contributed by atoms with Crippen molar-refractivity contribution in [1.82, 2.24) is 5.32 Å². The maximum absolute atomic E-state index is 12.5. The molecule has 1 saturated carbocycles. The van der Waals surface area contributed by atoms with Crippen LogP contribution < -0.4 is 20.1 Å². The maximum atomic E-state index is 12.5. The van der Waals surface area contributed by atoms with Crippen molar-refractivity contribution in [2.45, 2.75) is 45.1 Å². The second-order valence-corrected chi connectivity index (χ2v) is 7.38. The van der Waals surface area contributed by atoms with Crippen molar-refractivity contribution in [1.29, 1.82) is 0 Å². The van der Waals surface area contributed by atoms with Crippen LogP contribution in [0.25, 0.3) is 0 Å². The summed E-state index contributed by atoms with van der Waals surface area (Å²) in [5.41, 5.74) is 2.14. The molecule has 0 spiro atoms. The molecule has 0 unspecified atom stereocenters. The Morgan fingerprint density at radius 1 is 1.03 bits per heavy atom. The number of carbonyl (C=O) groups excluding carboxylic acids is 2. The fourth-order valence-electron chi connectivity index (χ4n) is 3.49. The van der Waals surface area contributed by atoms with Gasteiger partial charge in [0.25, 0.3) is 11.8 Å². The number of benzene rings is 2. The van der Waals surface area contributed by atoms with E-state index in [4.69, 9.17) is 9.47 Å². The van der Waals surface area contributed by atoms with E-state index < -0.39 is 0 Å². The van der Waals surface area contributed by atoms with Gasteiger partial charge in [-0.3, -0.25) is 9.59 Å². The van der Waals surface area contributed by atoms with Crippen molar-refractivity contribution >= 4 is 17.5 Å². The molecule has 6 nitrogen and oxygen atoms in total. The minimum atomic E-state index is -0.308. The highest BCUT2D eigenvalue weighted by molar-refractivity contribution is 5.97. The molecule has 0 bridgehead atoms. The fraction of sp³-hybridized carbons (Fsp3) is 0.391. The fourth-order valence-corrected chi connectivity index (χ4v) is 3.49. The van der Waals surface area contributed by atoms with Crippen LogP contribution in [0.15, 0.2) is 42.5 Å². The van der Waals surface area contributed by atoms with Crippen molar-refractivity contribution < 1.29 is 19.1 Å². The first kappa shape index (κ1) is 20.7. The Hall–Kier alpha value is -3.02. The van der Waals surface area contributed by atoms with Crippen molar-refractivity contribution in [2.24, 2.45) is 0 Å². The standard InChI is InChI=1S/C23H28N2O4/c1-16-11-12-20(21(13-16)28-2)29-15-22(26)24-19-10-6-7-17(14-19)23(27)25-18-8-4-3-5-9-18/h6-7,10-14,18H,3-5,8-9,15H2,1-2H3,(H,24,26)(H,25,27). The molecule has 29 heavy (non-hydrogen) atoms. The highest BCUT2D eigenvalue weighted by Crippen LogP contribution is 2.27. The largest absolute Gasteiger partial charge is 0.493 e. The van der Waals surface area contributed by atoms with Gasteiger partial charge >= 0.3 is 0 Å². The number of rotatable bonds is 7. The number of hydrogen-bond donors (Lipinski definition) is 2. The van der Waals surface area contributed by atoms with Crippen LogP contribution in [0.3, 0.4) is 0 Å². The minimum absolute atomic E-state index is 0.103. The van der Waals surface area contributed by atoms with E-state index in [1.54, 1.807) is 37.4 Å². The second-order valence-electron chi connectivity index (χ2n) is 7.38. The molecule has 0 saturated heterocycles. The molecule has 1 aliphatic carbocycles. The molecule has 0 radical (unpaired) electrons. The third kappa shape index (κ3) is 5.98. The minimum Gasteiger partial charge on any atom is -0.493 e. The summed E-state index contributed by atoms with van der Waals surface area (Å²) in [4.78, 5) is 24.8. The summed E-state index contributed by atoms with van der Waals surface area (Å²) in [6, 6.07) is 12.7. The van der Waals surface area contributed by atoms with Crippen LogP contribution in [-0.2, 0) is 4.79 Å². The first-order valence-electron chi connectivity index (χ1n) is 10.0. The number of anilines is 1. The van der Waals surface area contributed by atoms with Gasteiger partial charge in [-0.25, -0.2) is 0 Å². The van der Waals surface area contributed by atoms with Crippen LogP contribution in [0.1, 0.15) is 48.0 Å². The van der Waals surface area contributed by atoms with Gasteiger partial charge in [-0.2, -0.15) is 0 Å². The summed E-state index contributed by atoms with van der Waals surface area (Å²) in [7, 11) is 1.56. The predicted molar refractivity (Wildman–Crippen MR) is 113 cm³/mol. The van der Waals surface area contributed by atoms with E-state index in [1.165, 1.54) is 6.42 Å². The van der Waals surface area contributed by atoms with E-state index in [0.29, 0.717) is 22.7 Å². The van der Waals surface area contributed by atoms with Crippen LogP contribution in [-0.4, -0.2) is 31.6 Å². The summed E-state index contributed by atoms with van der Waals surface area (Å²) in [5, 5.41) is 5.86. The number of ether oxygens (including phenoxy) is 2. The van der Waals surface area contributed by atoms with Crippen molar-refractivity contribution in [3.63, 3.8) is 0 Å². The Kier molecular flexibility index (Phi) is 7.11. The molecule has 0 aromatic heterocycles. The average Bonchev–Trinajstić information content (AvgIpc) is 2.73. The number of carbonyl (C=O) groups is 2. The van der Waals surface area contributed by atoms with Crippen LogP contribution in [0.2, 0.25) is 0 Å². The molecule has 154 valence electrons. The quantitative estimate of drug-likeness (QED) is 0.739. The molecule has 2 aromatic rings. The highest BCUT2D eigenvalue weighted by Gasteiger charge is 2.17. The maximum Gasteiger partial charge on any atom is 0.262 e. The van der Waals surface area contributed by atoms with E-state index in [1.807, 2.05) is 19.1 Å². The Balaban J connectivity index is 1.55. The SMILES string of the molecule is COc1cc(C)ccc1OCC(=O)Nc1cccc(C(=O)NC2CCCCC2)c1. The predicted octanol–water partition coefficient (Wildman–Crippen LogP) is 4.08. The molecule has 1 fully saturated rings. The summed E-state index contributed by atoms with van der Waals surface area (Å²) in [5.74, 6) is 0.680. The van der Waals surface area contributed by atoms with Gasteiger partial charge in [-0.1, -0.05) is 31.4 Å². The van der Waals surface area contributed by atoms with E-state index in [0.717, 1.165) is 31.2 Å². The normalized spacial score (nSPS) is 14.1. The summed E-state index contributed by atoms with van der Waals surface area (Å²) >= 11 is 0. The molecular formula is C23H28N2O4. The highest BCUT2D eigenvalue weighted by atomic mass is 16.5. The average molecular weight is 396 g/mol. The third-order valence-corrected chi connectivity index (χ3v) is 5.03. The molecule has 2 N–H and O–H groups in total. The van der Waals surface area contributed by atoms with E-state index in [9.17, 15) is 9.59 Å². The van der Waals surface area contributed by atoms with Crippen LogP contribution in [0.5, 0.6) is 11.5 Å². The van der Waals surface area contributed by atoms with Crippen molar-refractivity contribution in [2.75, 3.05) is 19.0 Å². The Morgan fingerprint density at radius 2 is 1.83 bits per heavy atom. The summed E-state index contributed by atoms with van der Waals surface area (Å²) in [6.07, 6.45) is 5.62. The lowest BCUT2D eigenvalue weighted by Crippen LogP contribution is -2.36. The van der Waals surface area contributed by atoms with Crippen LogP contribution >= 0.6 is 0 Å². The second kappa shape index (κ2) is 9.96. The first-order valence-corrected chi connectivity index (χ1v) is 10.0. The number of nitrogens with one attached hydrogen (secondary N) is 2. The number of amides is 2. The molecule has 0 heterocycles. The Labute approximate surface area is 171 Å². The molecule has 1 aliphatic rings. The van der Waals surface area contributed by atoms with Gasteiger partial charge in [0, 0.05) is 17.3 Å². The smallest absolute Gasteiger partial charge is 0.262 e. The van der Waals surface area contributed by atoms with Crippen molar-refractivity contribution in [3.05, 3.63) is 53.6 Å². The third-order valence-electron chi connectivity index (χ3n) is 5.03. The topological polar surface area (TPSA) is 76.7 Å². The summed E-state index contributed by atoms with van der Waals surface area (Å²) < 4.78 is 10.9. The van der Waals surface area contributed by atoms with E-state index in [-0.39, 0.29) is 24.5 Å². The lowest BCUT2D eigenvalue weighted by molar-refractivity contribution is -0.118. The summed E-state index contributed by atoms with van der Waals surface area (Å²) in [6.45, 7) is 1.80. The molecule has 6 heteroatoms. The zero-order valence-electron chi connectivity index (χ0n) is 17.0. The van der Waals surface area contributed by atoms with E-state index >= 15 is 0 Å².